The Hall–Kier alpha value is -1.38. The summed E-state index contributed by atoms with van der Waals surface area (Å²) in [5.41, 5.74) is 0.992. The van der Waals surface area contributed by atoms with Crippen molar-refractivity contribution in [3.05, 3.63) is 35.9 Å². The molecule has 1 unspecified atom stereocenters. The summed E-state index contributed by atoms with van der Waals surface area (Å²) in [6.07, 6.45) is 5.50. The van der Waals surface area contributed by atoms with E-state index in [1.165, 1.54) is 11.9 Å². The van der Waals surface area contributed by atoms with E-state index in [4.69, 9.17) is 6.42 Å². The van der Waals surface area contributed by atoms with Gasteiger partial charge in [-0.1, -0.05) is 30.3 Å². The van der Waals surface area contributed by atoms with Crippen molar-refractivity contribution in [2.45, 2.75) is 18.4 Å². The maximum absolute atomic E-state index is 9.51. The summed E-state index contributed by atoms with van der Waals surface area (Å²) in [7, 11) is 1.46. The average molecular weight is 235 g/mol. The smallest absolute Gasteiger partial charge is 0.293 e. The second-order valence-electron chi connectivity index (χ2n) is 3.92. The molecule has 0 amide bonds. The molecular weight excluding hydrogens is 218 g/mol. The van der Waals surface area contributed by atoms with Crippen molar-refractivity contribution < 1.29 is 15.3 Å². The normalized spacial score (nSPS) is 13.4. The molecule has 1 rings (SSSR count). The van der Waals surface area contributed by atoms with Gasteiger partial charge in [0.15, 0.2) is 0 Å². The molecule has 0 radical (unpaired) electrons. The molecule has 0 saturated carbocycles. The van der Waals surface area contributed by atoms with Crippen LogP contribution in [0, 0.1) is 12.3 Å². The van der Waals surface area contributed by atoms with Crippen LogP contribution in [0.4, 0.5) is 0 Å². The van der Waals surface area contributed by atoms with E-state index in [0.29, 0.717) is 6.42 Å². The Bertz CT molecular complexity index is 383. The summed E-state index contributed by atoms with van der Waals surface area (Å²) >= 11 is 0. The Morgan fingerprint density at radius 1 is 1.35 bits per heavy atom. The molecule has 0 aliphatic heterocycles. The predicted molar refractivity (Wildman–Crippen MR) is 64.8 cm³/mol. The van der Waals surface area contributed by atoms with Gasteiger partial charge < -0.3 is 15.3 Å². The minimum Gasteiger partial charge on any atom is -0.395 e. The number of likely N-dealkylation sites (N-methyl/N-ethyl adjacent to an activating group) is 1. The third-order valence-corrected chi connectivity index (χ3v) is 2.76. The molecule has 17 heavy (non-hydrogen) atoms. The van der Waals surface area contributed by atoms with Gasteiger partial charge in [0, 0.05) is 6.04 Å². The fourth-order valence-corrected chi connectivity index (χ4v) is 1.57. The van der Waals surface area contributed by atoms with Gasteiger partial charge in [-0.25, -0.2) is 4.90 Å². The van der Waals surface area contributed by atoms with Crippen molar-refractivity contribution in [1.29, 1.82) is 0 Å². The molecule has 0 spiro atoms. The van der Waals surface area contributed by atoms with Crippen molar-refractivity contribution in [1.82, 2.24) is 4.90 Å². The third kappa shape index (κ3) is 3.55. The largest absolute Gasteiger partial charge is 0.395 e. The van der Waals surface area contributed by atoms with Gasteiger partial charge in [-0.2, -0.15) is 0 Å². The third-order valence-electron chi connectivity index (χ3n) is 2.76. The zero-order valence-electron chi connectivity index (χ0n) is 9.74. The lowest BCUT2D eigenvalue weighted by molar-refractivity contribution is -0.225. The molecule has 3 N–H and O–H groups in total. The van der Waals surface area contributed by atoms with Gasteiger partial charge >= 0.3 is 0 Å². The molecule has 0 aliphatic carbocycles. The standard InChI is InChI=1S/C13H17NO3/c1-3-13(16,17)14(2)12(10-15)9-11-7-5-4-6-8-11/h1,4-8,12,15-17H,9-10H2,2H3. The maximum Gasteiger partial charge on any atom is 0.293 e. The van der Waals surface area contributed by atoms with E-state index in [2.05, 4.69) is 0 Å². The Labute approximate surface area is 101 Å². The Kier molecular flexibility index (Phi) is 4.67. The number of benzene rings is 1. The zero-order chi connectivity index (χ0) is 12.9. The topological polar surface area (TPSA) is 63.9 Å². The highest BCUT2D eigenvalue weighted by Crippen LogP contribution is 2.13. The quantitative estimate of drug-likeness (QED) is 0.488. The van der Waals surface area contributed by atoms with Crippen LogP contribution in [-0.2, 0) is 6.42 Å². The van der Waals surface area contributed by atoms with Crippen LogP contribution < -0.4 is 0 Å². The molecule has 92 valence electrons. The van der Waals surface area contributed by atoms with Crippen LogP contribution >= 0.6 is 0 Å². The molecule has 0 saturated heterocycles. The van der Waals surface area contributed by atoms with Crippen molar-refractivity contribution in [3.63, 3.8) is 0 Å². The number of nitrogens with zero attached hydrogens (tertiary/aromatic N) is 1. The minimum atomic E-state index is -2.35. The van der Waals surface area contributed by atoms with E-state index < -0.39 is 12.0 Å². The van der Waals surface area contributed by atoms with E-state index in [1.54, 1.807) is 0 Å². The molecule has 1 atom stereocenters. The van der Waals surface area contributed by atoms with Crippen LogP contribution in [0.2, 0.25) is 0 Å². The van der Waals surface area contributed by atoms with Crippen LogP contribution in [0.5, 0.6) is 0 Å². The van der Waals surface area contributed by atoms with Crippen LogP contribution in [0.25, 0.3) is 0 Å². The van der Waals surface area contributed by atoms with Crippen LogP contribution in [0.1, 0.15) is 5.56 Å². The predicted octanol–water partition coefficient (Wildman–Crippen LogP) is -0.207. The first kappa shape index (κ1) is 13.7. The monoisotopic (exact) mass is 235 g/mol. The van der Waals surface area contributed by atoms with Gasteiger partial charge in [0.25, 0.3) is 5.91 Å². The van der Waals surface area contributed by atoms with Crippen LogP contribution in [0.15, 0.2) is 30.3 Å². The summed E-state index contributed by atoms with van der Waals surface area (Å²) in [6.45, 7) is -0.212. The van der Waals surface area contributed by atoms with E-state index >= 15 is 0 Å². The highest BCUT2D eigenvalue weighted by atomic mass is 16.5. The first-order valence-electron chi connectivity index (χ1n) is 5.31. The lowest BCUT2D eigenvalue weighted by Gasteiger charge is -2.33. The maximum atomic E-state index is 9.51. The molecule has 0 bridgehead atoms. The second kappa shape index (κ2) is 5.80. The summed E-state index contributed by atoms with van der Waals surface area (Å²) in [6, 6.07) is 9.02. The molecule has 1 aromatic carbocycles. The van der Waals surface area contributed by atoms with Crippen molar-refractivity contribution in [2.24, 2.45) is 0 Å². The Morgan fingerprint density at radius 3 is 2.41 bits per heavy atom. The summed E-state index contributed by atoms with van der Waals surface area (Å²) in [5, 5.41) is 28.3. The van der Waals surface area contributed by atoms with E-state index in [9.17, 15) is 15.3 Å². The number of aliphatic hydroxyl groups is 3. The molecule has 0 aliphatic rings. The highest BCUT2D eigenvalue weighted by molar-refractivity contribution is 5.16. The first-order valence-corrected chi connectivity index (χ1v) is 5.31. The minimum absolute atomic E-state index is 0.212. The lowest BCUT2D eigenvalue weighted by Crippen LogP contribution is -2.52. The number of hydrogen-bond donors (Lipinski definition) is 3. The number of hydrogen-bond acceptors (Lipinski definition) is 4. The number of terminal acetylenes is 1. The van der Waals surface area contributed by atoms with Crippen molar-refractivity contribution in [2.75, 3.05) is 13.7 Å². The molecule has 1 aromatic rings. The fourth-order valence-electron chi connectivity index (χ4n) is 1.57. The average Bonchev–Trinajstić information content (AvgIpc) is 2.36. The lowest BCUT2D eigenvalue weighted by atomic mass is 10.1. The molecule has 0 heterocycles. The van der Waals surface area contributed by atoms with Crippen molar-refractivity contribution >= 4 is 0 Å². The van der Waals surface area contributed by atoms with Gasteiger partial charge in [-0.3, -0.25) is 0 Å². The molecule has 4 nitrogen and oxygen atoms in total. The number of rotatable bonds is 5. The zero-order valence-corrected chi connectivity index (χ0v) is 9.74. The van der Waals surface area contributed by atoms with Gasteiger partial charge in [-0.05, 0) is 25.0 Å². The van der Waals surface area contributed by atoms with Crippen LogP contribution in [-0.4, -0.2) is 45.8 Å². The summed E-state index contributed by atoms with van der Waals surface area (Å²) in [5.74, 6) is -0.477. The molecule has 0 fully saturated rings. The molecular formula is C13H17NO3. The highest BCUT2D eigenvalue weighted by Gasteiger charge is 2.31. The van der Waals surface area contributed by atoms with Crippen LogP contribution in [0.3, 0.4) is 0 Å². The SMILES string of the molecule is C#CC(O)(O)N(C)C(CO)Cc1ccccc1. The van der Waals surface area contributed by atoms with Crippen molar-refractivity contribution in [3.8, 4) is 12.3 Å². The fraction of sp³-hybridized carbons (Fsp3) is 0.385. The van der Waals surface area contributed by atoms with Gasteiger partial charge in [-0.15, -0.1) is 6.42 Å². The second-order valence-corrected chi connectivity index (χ2v) is 3.92. The summed E-state index contributed by atoms with van der Waals surface area (Å²) in [4.78, 5) is 1.17. The molecule has 4 heteroatoms. The van der Waals surface area contributed by atoms with E-state index in [-0.39, 0.29) is 6.61 Å². The van der Waals surface area contributed by atoms with E-state index in [1.807, 2.05) is 36.3 Å². The van der Waals surface area contributed by atoms with Gasteiger partial charge in [0.1, 0.15) is 0 Å². The number of aliphatic hydroxyl groups excluding tert-OH is 1. The van der Waals surface area contributed by atoms with E-state index in [0.717, 1.165) is 5.56 Å². The van der Waals surface area contributed by atoms with Gasteiger partial charge in [0.05, 0.1) is 6.61 Å². The first-order chi connectivity index (χ1) is 8.01. The Balaban J connectivity index is 2.77. The Morgan fingerprint density at radius 2 is 1.94 bits per heavy atom. The molecule has 0 aromatic heterocycles. The summed E-state index contributed by atoms with van der Waals surface area (Å²) < 4.78 is 0. The van der Waals surface area contributed by atoms with Gasteiger partial charge in [0.2, 0.25) is 0 Å².